The van der Waals surface area contributed by atoms with Crippen molar-refractivity contribution in [1.29, 1.82) is 0 Å². The molecule has 0 fully saturated rings. The van der Waals surface area contributed by atoms with E-state index in [0.29, 0.717) is 0 Å². The predicted molar refractivity (Wildman–Crippen MR) is 71.1 cm³/mol. The van der Waals surface area contributed by atoms with E-state index in [2.05, 4.69) is 20.7 Å². The highest BCUT2D eigenvalue weighted by Crippen LogP contribution is 2.21. The molecule has 0 spiro atoms. The lowest BCUT2D eigenvalue weighted by Gasteiger charge is -2.07. The van der Waals surface area contributed by atoms with Crippen molar-refractivity contribution in [1.82, 2.24) is 0 Å². The lowest BCUT2D eigenvalue weighted by Crippen LogP contribution is -2.23. The summed E-state index contributed by atoms with van der Waals surface area (Å²) in [7, 11) is 1.29. The number of carbonyl (C=O) groups is 2. The maximum Gasteiger partial charge on any atom is 0.315 e. The second-order valence-electron chi connectivity index (χ2n) is 3.45. The quantitative estimate of drug-likeness (QED) is 0.476. The molecule has 0 N–H and O–H groups in total. The van der Waals surface area contributed by atoms with Crippen LogP contribution in [0.2, 0.25) is 0 Å². The highest BCUT2D eigenvalue weighted by atomic mass is 79.9. The number of rotatable bonds is 5. The molecule has 0 saturated carbocycles. The SMILES string of the molecule is COC(=O)C(C)C(=O)CSc1ccc(Br)cc1. The third-order valence-corrected chi connectivity index (χ3v) is 3.80. The van der Waals surface area contributed by atoms with Crippen LogP contribution in [0.3, 0.4) is 0 Å². The van der Waals surface area contributed by atoms with Gasteiger partial charge in [-0.2, -0.15) is 0 Å². The summed E-state index contributed by atoms with van der Waals surface area (Å²) < 4.78 is 5.52. The number of methoxy groups -OCH3 is 1. The number of hydrogen-bond donors (Lipinski definition) is 0. The van der Waals surface area contributed by atoms with Crippen molar-refractivity contribution in [3.05, 3.63) is 28.7 Å². The monoisotopic (exact) mass is 316 g/mol. The third-order valence-electron chi connectivity index (χ3n) is 2.23. The molecule has 17 heavy (non-hydrogen) atoms. The highest BCUT2D eigenvalue weighted by Gasteiger charge is 2.21. The van der Waals surface area contributed by atoms with Gasteiger partial charge in [0.25, 0.3) is 0 Å². The summed E-state index contributed by atoms with van der Waals surface area (Å²) in [6.45, 7) is 1.57. The van der Waals surface area contributed by atoms with Gasteiger partial charge in [-0.1, -0.05) is 15.9 Å². The van der Waals surface area contributed by atoms with E-state index in [9.17, 15) is 9.59 Å². The highest BCUT2D eigenvalue weighted by molar-refractivity contribution is 9.10. The third kappa shape index (κ3) is 4.52. The number of thioether (sulfide) groups is 1. The first-order valence-electron chi connectivity index (χ1n) is 5.03. The Hall–Kier alpha value is -0.810. The van der Waals surface area contributed by atoms with Crippen molar-refractivity contribution in [2.45, 2.75) is 11.8 Å². The molecular formula is C12H13BrO3S. The van der Waals surface area contributed by atoms with Crippen LogP contribution in [0, 0.1) is 5.92 Å². The first kappa shape index (κ1) is 14.3. The van der Waals surface area contributed by atoms with E-state index in [4.69, 9.17) is 0 Å². The van der Waals surface area contributed by atoms with E-state index in [1.54, 1.807) is 6.92 Å². The number of hydrogen-bond acceptors (Lipinski definition) is 4. The molecule has 0 aliphatic heterocycles. The van der Waals surface area contributed by atoms with Gasteiger partial charge in [0.15, 0.2) is 5.78 Å². The molecule has 1 rings (SSSR count). The normalized spacial score (nSPS) is 11.9. The van der Waals surface area contributed by atoms with Crippen LogP contribution >= 0.6 is 27.7 Å². The fourth-order valence-corrected chi connectivity index (χ4v) is 2.27. The minimum absolute atomic E-state index is 0.121. The van der Waals surface area contributed by atoms with Crippen molar-refractivity contribution in [3.8, 4) is 0 Å². The Bertz CT molecular complexity index is 403. The fraction of sp³-hybridized carbons (Fsp3) is 0.333. The first-order valence-corrected chi connectivity index (χ1v) is 6.81. The van der Waals surface area contributed by atoms with Gasteiger partial charge >= 0.3 is 5.97 Å². The molecule has 0 bridgehead atoms. The largest absolute Gasteiger partial charge is 0.468 e. The lowest BCUT2D eigenvalue weighted by atomic mass is 10.1. The Balaban J connectivity index is 2.48. The van der Waals surface area contributed by atoms with Crippen LogP contribution in [-0.4, -0.2) is 24.6 Å². The molecule has 92 valence electrons. The maximum absolute atomic E-state index is 11.7. The number of esters is 1. The Morgan fingerprint density at radius 2 is 1.94 bits per heavy atom. The van der Waals surface area contributed by atoms with Gasteiger partial charge in [0.2, 0.25) is 0 Å². The summed E-state index contributed by atoms with van der Waals surface area (Å²) in [5.74, 6) is -1.02. The smallest absolute Gasteiger partial charge is 0.315 e. The van der Waals surface area contributed by atoms with Crippen molar-refractivity contribution in [2.75, 3.05) is 12.9 Å². The average Bonchev–Trinajstić information content (AvgIpc) is 2.35. The van der Waals surface area contributed by atoms with Crippen LogP contribution in [0.4, 0.5) is 0 Å². The number of benzene rings is 1. The van der Waals surface area contributed by atoms with Crippen LogP contribution in [0.15, 0.2) is 33.6 Å². The zero-order valence-corrected chi connectivity index (χ0v) is 12.0. The van der Waals surface area contributed by atoms with E-state index >= 15 is 0 Å². The summed E-state index contributed by atoms with van der Waals surface area (Å²) in [4.78, 5) is 23.8. The van der Waals surface area contributed by atoms with Gasteiger partial charge < -0.3 is 4.74 Å². The van der Waals surface area contributed by atoms with Crippen molar-refractivity contribution in [3.63, 3.8) is 0 Å². The van der Waals surface area contributed by atoms with E-state index in [1.807, 2.05) is 24.3 Å². The number of carbonyl (C=O) groups excluding carboxylic acids is 2. The topological polar surface area (TPSA) is 43.4 Å². The molecule has 1 unspecified atom stereocenters. The van der Waals surface area contributed by atoms with E-state index < -0.39 is 11.9 Å². The van der Waals surface area contributed by atoms with E-state index in [0.717, 1.165) is 9.37 Å². The molecule has 1 atom stereocenters. The molecule has 0 aromatic heterocycles. The standard InChI is InChI=1S/C12H13BrO3S/c1-8(12(15)16-2)11(14)7-17-10-5-3-9(13)4-6-10/h3-6,8H,7H2,1-2H3. The van der Waals surface area contributed by atoms with E-state index in [1.165, 1.54) is 18.9 Å². The number of ketones is 1. The van der Waals surface area contributed by atoms with Crippen molar-refractivity contribution >= 4 is 39.4 Å². The first-order chi connectivity index (χ1) is 8.04. The van der Waals surface area contributed by atoms with Gasteiger partial charge in [0, 0.05) is 9.37 Å². The summed E-state index contributed by atoms with van der Waals surface area (Å²) in [5.41, 5.74) is 0. The Morgan fingerprint density at radius 3 is 2.47 bits per heavy atom. The molecule has 0 aliphatic rings. The molecule has 1 aromatic rings. The van der Waals surface area contributed by atoms with E-state index in [-0.39, 0.29) is 11.5 Å². The fourth-order valence-electron chi connectivity index (χ4n) is 1.12. The summed E-state index contributed by atoms with van der Waals surface area (Å²) in [6.07, 6.45) is 0. The van der Waals surface area contributed by atoms with Crippen LogP contribution in [-0.2, 0) is 14.3 Å². The van der Waals surface area contributed by atoms with Gasteiger partial charge in [-0.3, -0.25) is 9.59 Å². The molecule has 0 amide bonds. The van der Waals surface area contributed by atoms with Crippen molar-refractivity contribution in [2.24, 2.45) is 5.92 Å². The number of halogens is 1. The average molecular weight is 317 g/mol. The van der Waals surface area contributed by atoms with Crippen LogP contribution in [0.25, 0.3) is 0 Å². The molecule has 0 aliphatic carbocycles. The molecule has 5 heteroatoms. The molecule has 0 radical (unpaired) electrons. The minimum Gasteiger partial charge on any atom is -0.468 e. The zero-order chi connectivity index (χ0) is 12.8. The predicted octanol–water partition coefficient (Wildman–Crippen LogP) is 2.92. The second-order valence-corrected chi connectivity index (χ2v) is 5.42. The van der Waals surface area contributed by atoms with Gasteiger partial charge in [0.1, 0.15) is 5.92 Å². The van der Waals surface area contributed by atoms with Gasteiger partial charge in [0.05, 0.1) is 12.9 Å². The molecular weight excluding hydrogens is 304 g/mol. The maximum atomic E-state index is 11.7. The van der Waals surface area contributed by atoms with Crippen LogP contribution in [0.5, 0.6) is 0 Å². The summed E-state index contributed by atoms with van der Waals surface area (Å²) in [5, 5.41) is 0. The Labute approximate surface area is 113 Å². The minimum atomic E-state index is -0.692. The molecule has 3 nitrogen and oxygen atoms in total. The number of ether oxygens (including phenoxy) is 1. The summed E-state index contributed by atoms with van der Waals surface area (Å²) in [6, 6.07) is 7.67. The molecule has 0 heterocycles. The lowest BCUT2D eigenvalue weighted by molar-refractivity contribution is -0.147. The Morgan fingerprint density at radius 1 is 1.35 bits per heavy atom. The Kier molecular flexibility index (Phi) is 5.71. The summed E-state index contributed by atoms with van der Waals surface area (Å²) >= 11 is 4.76. The van der Waals surface area contributed by atoms with Crippen molar-refractivity contribution < 1.29 is 14.3 Å². The van der Waals surface area contributed by atoms with Gasteiger partial charge in [-0.15, -0.1) is 11.8 Å². The van der Waals surface area contributed by atoms with Crippen LogP contribution < -0.4 is 0 Å². The second kappa shape index (κ2) is 6.81. The van der Waals surface area contributed by atoms with Crippen LogP contribution in [0.1, 0.15) is 6.92 Å². The zero-order valence-electron chi connectivity index (χ0n) is 9.60. The molecule has 1 aromatic carbocycles. The molecule has 0 saturated heterocycles. The van der Waals surface area contributed by atoms with Gasteiger partial charge in [-0.25, -0.2) is 0 Å². The van der Waals surface area contributed by atoms with Gasteiger partial charge in [-0.05, 0) is 31.2 Å². The number of Topliss-reactive ketones (excluding diaryl/α,β-unsaturated/α-hetero) is 1.